The first-order valence-electron chi connectivity index (χ1n) is 13.3. The third kappa shape index (κ3) is 5.48. The van der Waals surface area contributed by atoms with Gasteiger partial charge < -0.3 is 15.0 Å². The Kier molecular flexibility index (Phi) is 8.56. The molecule has 4 rings (SSSR count). The molecule has 0 radical (unpaired) electrons. The van der Waals surface area contributed by atoms with Crippen LogP contribution in [0.5, 0.6) is 0 Å². The Balaban J connectivity index is 1.76. The number of anilines is 1. The summed E-state index contributed by atoms with van der Waals surface area (Å²) >= 11 is 6.13. The molecule has 0 saturated heterocycles. The topological polar surface area (TPSA) is 88.1 Å². The molecule has 2 unspecified atom stereocenters. The number of benzene rings is 2. The quantitative estimate of drug-likeness (QED) is 0.480. The van der Waals surface area contributed by atoms with Crippen molar-refractivity contribution >= 4 is 40.8 Å². The molecular weight excluding hydrogens is 502 g/mol. The van der Waals surface area contributed by atoms with E-state index in [1.54, 1.807) is 19.2 Å². The van der Waals surface area contributed by atoms with Crippen molar-refractivity contribution in [1.82, 2.24) is 5.32 Å². The van der Waals surface area contributed by atoms with Crippen molar-refractivity contribution < 1.29 is 19.1 Å². The van der Waals surface area contributed by atoms with Gasteiger partial charge in [0.1, 0.15) is 0 Å². The van der Waals surface area contributed by atoms with Crippen molar-refractivity contribution in [1.29, 1.82) is 0 Å². The van der Waals surface area contributed by atoms with Crippen molar-refractivity contribution in [2.45, 2.75) is 58.5 Å². The predicted molar refractivity (Wildman–Crippen MR) is 149 cm³/mol. The summed E-state index contributed by atoms with van der Waals surface area (Å²) in [5, 5.41) is 3.53. The summed E-state index contributed by atoms with van der Waals surface area (Å²) in [6, 6.07) is 14.8. The van der Waals surface area contributed by atoms with Crippen molar-refractivity contribution in [3.8, 4) is 0 Å². The van der Waals surface area contributed by atoms with E-state index < -0.39 is 17.5 Å². The van der Waals surface area contributed by atoms with Gasteiger partial charge in [0, 0.05) is 23.2 Å². The second-order valence-corrected chi connectivity index (χ2v) is 11.1. The number of halogens is 1. The van der Waals surface area contributed by atoms with Crippen molar-refractivity contribution in [2.24, 2.45) is 22.2 Å². The maximum atomic E-state index is 14.0. The first-order chi connectivity index (χ1) is 18.2. The monoisotopic (exact) mass is 537 g/mol. The summed E-state index contributed by atoms with van der Waals surface area (Å²) in [6.45, 7) is 4.07. The number of methoxy groups -OCH3 is 1. The fourth-order valence-corrected chi connectivity index (χ4v) is 5.95. The molecule has 2 aromatic rings. The Morgan fingerprint density at radius 1 is 1.11 bits per heavy atom. The van der Waals surface area contributed by atoms with Gasteiger partial charge in [-0.1, -0.05) is 75.0 Å². The number of ether oxygens (including phenoxy) is 1. The summed E-state index contributed by atoms with van der Waals surface area (Å²) in [5.41, 5.74) is 1.92. The van der Waals surface area contributed by atoms with Crippen LogP contribution in [-0.4, -0.2) is 43.8 Å². The van der Waals surface area contributed by atoms with Crippen LogP contribution in [0.3, 0.4) is 0 Å². The highest BCUT2D eigenvalue weighted by Gasteiger charge is 2.51. The lowest BCUT2D eigenvalue weighted by Gasteiger charge is -2.41. The minimum Gasteiger partial charge on any atom is -0.469 e. The standard InChI is InChI=1S/C30H36ClN3O4/c1-19(2)18-23(30(29(37)38-4)16-8-5-9-17-30)27(35)33-26-28(36)34(3)24-11-7-6-10-22(24)25(32-26)20-12-14-21(31)15-13-20/h6-7,10-15,19,23,26H,5,8-9,16-18H2,1-4H3,(H,33,35). The normalized spacial score (nSPS) is 19.7. The molecule has 2 aliphatic rings. The Labute approximate surface area is 229 Å². The number of nitrogens with zero attached hydrogens (tertiary/aromatic N) is 2. The number of benzodiazepines with no additional fused rings is 1. The molecule has 2 aromatic carbocycles. The summed E-state index contributed by atoms with van der Waals surface area (Å²) < 4.78 is 5.25. The lowest BCUT2D eigenvalue weighted by atomic mass is 9.63. The second-order valence-electron chi connectivity index (χ2n) is 10.7. The molecule has 1 N–H and O–H groups in total. The molecule has 38 heavy (non-hydrogen) atoms. The number of aliphatic imine (C=N–C) groups is 1. The number of para-hydroxylation sites is 1. The van der Waals surface area contributed by atoms with E-state index in [0.717, 1.165) is 30.4 Å². The number of carbonyl (C=O) groups is 3. The number of hydrogen-bond acceptors (Lipinski definition) is 5. The zero-order valence-electron chi connectivity index (χ0n) is 22.5. The molecule has 8 heteroatoms. The molecule has 7 nitrogen and oxygen atoms in total. The zero-order valence-corrected chi connectivity index (χ0v) is 23.3. The number of hydrogen-bond donors (Lipinski definition) is 1. The van der Waals surface area contributed by atoms with E-state index in [4.69, 9.17) is 21.3 Å². The summed E-state index contributed by atoms with van der Waals surface area (Å²) in [7, 11) is 3.07. The number of esters is 1. The van der Waals surface area contributed by atoms with Crippen LogP contribution < -0.4 is 10.2 Å². The molecule has 2 amide bonds. The molecule has 2 atom stereocenters. The molecule has 1 aliphatic heterocycles. The maximum absolute atomic E-state index is 14.0. The van der Waals surface area contributed by atoms with Crippen LogP contribution in [0.2, 0.25) is 5.02 Å². The van der Waals surface area contributed by atoms with Crippen molar-refractivity contribution in [3.63, 3.8) is 0 Å². The summed E-state index contributed by atoms with van der Waals surface area (Å²) in [5.74, 6) is -1.51. The van der Waals surface area contributed by atoms with E-state index in [-0.39, 0.29) is 23.7 Å². The van der Waals surface area contributed by atoms with Gasteiger partial charge in [-0.3, -0.25) is 14.4 Å². The van der Waals surface area contributed by atoms with Crippen LogP contribution in [0.1, 0.15) is 63.5 Å². The van der Waals surface area contributed by atoms with Gasteiger partial charge in [-0.15, -0.1) is 0 Å². The Morgan fingerprint density at radius 2 is 1.76 bits per heavy atom. The highest BCUT2D eigenvalue weighted by Crippen LogP contribution is 2.46. The SMILES string of the molecule is COC(=O)C1(C(CC(C)C)C(=O)NC2N=C(c3ccc(Cl)cc3)c3ccccc3N(C)C2=O)CCCCC1. The highest BCUT2D eigenvalue weighted by molar-refractivity contribution is 6.30. The molecule has 0 spiro atoms. The Morgan fingerprint density at radius 3 is 2.39 bits per heavy atom. The Bertz CT molecular complexity index is 1220. The first kappa shape index (κ1) is 27.8. The van der Waals surface area contributed by atoms with E-state index in [1.165, 1.54) is 12.0 Å². The zero-order chi connectivity index (χ0) is 27.4. The van der Waals surface area contributed by atoms with Crippen LogP contribution in [0, 0.1) is 17.3 Å². The van der Waals surface area contributed by atoms with Gasteiger partial charge in [0.2, 0.25) is 12.1 Å². The molecule has 202 valence electrons. The fraction of sp³-hybridized carbons (Fsp3) is 0.467. The van der Waals surface area contributed by atoms with E-state index in [1.807, 2.05) is 50.2 Å². The molecule has 0 bridgehead atoms. The van der Waals surface area contributed by atoms with Crippen molar-refractivity contribution in [2.75, 3.05) is 19.1 Å². The number of nitrogens with one attached hydrogen (secondary N) is 1. The van der Waals surface area contributed by atoms with Gasteiger partial charge >= 0.3 is 5.97 Å². The van der Waals surface area contributed by atoms with Gasteiger partial charge in [0.25, 0.3) is 5.91 Å². The van der Waals surface area contributed by atoms with Crippen LogP contribution in [-0.2, 0) is 19.1 Å². The minimum atomic E-state index is -1.15. The molecular formula is C30H36ClN3O4. The largest absolute Gasteiger partial charge is 0.469 e. The van der Waals surface area contributed by atoms with Crippen LogP contribution in [0.4, 0.5) is 5.69 Å². The number of rotatable bonds is 7. The number of likely N-dealkylation sites (N-methyl/N-ethyl adjacent to an activating group) is 1. The first-order valence-corrected chi connectivity index (χ1v) is 13.6. The van der Waals surface area contributed by atoms with Crippen LogP contribution >= 0.6 is 11.6 Å². The van der Waals surface area contributed by atoms with Gasteiger partial charge in [0.15, 0.2) is 0 Å². The highest BCUT2D eigenvalue weighted by atomic mass is 35.5. The van der Waals surface area contributed by atoms with E-state index in [9.17, 15) is 14.4 Å². The second kappa shape index (κ2) is 11.7. The summed E-state index contributed by atoms with van der Waals surface area (Å²) in [6.07, 6.45) is 3.27. The lowest BCUT2D eigenvalue weighted by Crippen LogP contribution is -2.53. The molecule has 1 saturated carbocycles. The minimum absolute atomic E-state index is 0.166. The third-order valence-electron chi connectivity index (χ3n) is 7.77. The molecule has 1 fully saturated rings. The van der Waals surface area contributed by atoms with Crippen LogP contribution in [0.15, 0.2) is 53.5 Å². The van der Waals surface area contributed by atoms with Gasteiger partial charge in [-0.25, -0.2) is 4.99 Å². The number of carbonyl (C=O) groups excluding carboxylic acids is 3. The van der Waals surface area contributed by atoms with E-state index in [0.29, 0.717) is 35.7 Å². The lowest BCUT2D eigenvalue weighted by molar-refractivity contribution is -0.164. The van der Waals surface area contributed by atoms with Crippen molar-refractivity contribution in [3.05, 3.63) is 64.7 Å². The fourth-order valence-electron chi connectivity index (χ4n) is 5.83. The average molecular weight is 538 g/mol. The van der Waals surface area contributed by atoms with E-state index in [2.05, 4.69) is 5.32 Å². The molecule has 1 aliphatic carbocycles. The maximum Gasteiger partial charge on any atom is 0.312 e. The molecule has 0 aromatic heterocycles. The number of amides is 2. The number of fused-ring (bicyclic) bond motifs is 1. The van der Waals surface area contributed by atoms with E-state index >= 15 is 0 Å². The van der Waals surface area contributed by atoms with Gasteiger partial charge in [0.05, 0.1) is 29.8 Å². The average Bonchev–Trinajstić information content (AvgIpc) is 3.02. The third-order valence-corrected chi connectivity index (χ3v) is 8.02. The Hall–Kier alpha value is -3.19. The van der Waals surface area contributed by atoms with Crippen LogP contribution in [0.25, 0.3) is 0 Å². The van der Waals surface area contributed by atoms with Gasteiger partial charge in [-0.2, -0.15) is 0 Å². The smallest absolute Gasteiger partial charge is 0.312 e. The van der Waals surface area contributed by atoms with Gasteiger partial charge in [-0.05, 0) is 43.4 Å². The summed E-state index contributed by atoms with van der Waals surface area (Å²) in [4.78, 5) is 47.2. The predicted octanol–water partition coefficient (Wildman–Crippen LogP) is 5.38. The molecule has 1 heterocycles.